The van der Waals surface area contributed by atoms with Crippen molar-refractivity contribution in [1.82, 2.24) is 0 Å². The zero-order chi connectivity index (χ0) is 27.4. The van der Waals surface area contributed by atoms with Gasteiger partial charge >= 0.3 is 15.6 Å². The van der Waals surface area contributed by atoms with Gasteiger partial charge in [0.1, 0.15) is 0 Å². The molecule has 4 N–H and O–H groups in total. The Labute approximate surface area is 219 Å². The lowest BCUT2D eigenvalue weighted by atomic mass is 10.1. The molecule has 0 saturated heterocycles. The lowest BCUT2D eigenvalue weighted by molar-refractivity contribution is -0.222. The number of unbranched alkanes of at least 4 members (excludes halogenated alkanes) is 18. The van der Waals surface area contributed by atoms with Crippen molar-refractivity contribution in [2.24, 2.45) is 0 Å². The normalized spacial score (nSPS) is 11.9. The minimum Gasteiger partial charge on any atom is -0.301 e. The Kier molecular flexibility index (Phi) is 29.9. The van der Waals surface area contributed by atoms with Crippen molar-refractivity contribution < 1.29 is 47.8 Å². The van der Waals surface area contributed by atoms with Crippen molar-refractivity contribution in [2.45, 2.75) is 142 Å². The minimum atomic E-state index is -4.47. The van der Waals surface area contributed by atoms with Crippen LogP contribution in [0.2, 0.25) is 0 Å². The van der Waals surface area contributed by atoms with Gasteiger partial charge in [-0.05, 0) is 12.8 Å². The Morgan fingerprint density at radius 3 is 0.861 bits per heavy atom. The molecule has 36 heavy (non-hydrogen) atoms. The van der Waals surface area contributed by atoms with Gasteiger partial charge in [-0.1, -0.05) is 129 Å². The molecule has 0 aliphatic heterocycles. The summed E-state index contributed by atoms with van der Waals surface area (Å²) in [7, 11) is -8.94. The molecule has 12 heteroatoms. The van der Waals surface area contributed by atoms with E-state index in [2.05, 4.69) is 33.0 Å². The predicted molar refractivity (Wildman–Crippen MR) is 142 cm³/mol. The molecule has 0 saturated carbocycles. The van der Waals surface area contributed by atoms with E-state index >= 15 is 0 Å². The maximum absolute atomic E-state index is 10.3. The molecule has 0 aliphatic carbocycles. The third-order valence-corrected chi connectivity index (χ3v) is 6.06. The zero-order valence-corrected chi connectivity index (χ0v) is 24.5. The monoisotopic (exact) mass is 564 g/mol. The molecule has 0 unspecified atom stereocenters. The third kappa shape index (κ3) is 41.3. The van der Waals surface area contributed by atoms with Crippen molar-refractivity contribution in [3.63, 3.8) is 0 Å². The summed E-state index contributed by atoms with van der Waals surface area (Å²) in [6.07, 6.45) is 24.2. The Hall–Kier alpha value is 0.140. The van der Waals surface area contributed by atoms with Crippen LogP contribution in [0.4, 0.5) is 0 Å². The number of hydrogen-bond acceptors (Lipinski definition) is 6. The van der Waals surface area contributed by atoms with E-state index in [4.69, 9.17) is 19.6 Å². The van der Waals surface area contributed by atoms with Crippen LogP contribution in [-0.2, 0) is 28.3 Å². The second-order valence-corrected chi connectivity index (χ2v) is 11.4. The van der Waals surface area contributed by atoms with E-state index in [1.54, 1.807) is 0 Å². The van der Waals surface area contributed by atoms with Crippen LogP contribution >= 0.6 is 15.6 Å². The molecule has 220 valence electrons. The zero-order valence-electron chi connectivity index (χ0n) is 22.7. The summed E-state index contributed by atoms with van der Waals surface area (Å²) >= 11 is 0. The fourth-order valence-corrected chi connectivity index (χ4v) is 3.93. The molecule has 0 aromatic carbocycles. The summed E-state index contributed by atoms with van der Waals surface area (Å²) in [6.45, 7) is 4.92. The molecule has 0 aromatic rings. The Bertz CT molecular complexity index is 479. The molecular weight excluding hydrogens is 510 g/mol. The third-order valence-electron chi connectivity index (χ3n) is 5.46. The van der Waals surface area contributed by atoms with Gasteiger partial charge in [-0.25, -0.2) is 18.9 Å². The first kappa shape index (κ1) is 38.3. The molecule has 0 aromatic heterocycles. The summed E-state index contributed by atoms with van der Waals surface area (Å²) in [4.78, 5) is 42.2. The summed E-state index contributed by atoms with van der Waals surface area (Å²) in [5.74, 6) is 0. The van der Waals surface area contributed by atoms with Crippen LogP contribution in [0, 0.1) is 0 Å². The van der Waals surface area contributed by atoms with E-state index in [1.807, 2.05) is 0 Å². The lowest BCUT2D eigenvalue weighted by Crippen LogP contribution is -1.95. The van der Waals surface area contributed by atoms with Gasteiger partial charge in [0.05, 0.1) is 13.2 Å². The van der Waals surface area contributed by atoms with Gasteiger partial charge in [0.15, 0.2) is 0 Å². The van der Waals surface area contributed by atoms with Gasteiger partial charge in [0.25, 0.3) is 0 Å². The maximum Gasteiger partial charge on any atom is 0.496 e. The average Bonchev–Trinajstić information content (AvgIpc) is 2.79. The standard InChI is InChI=1S/2C12H27O5P/c2*1-2-3-4-5-6-7-8-9-10-11-12-16-17-18(13,14)15/h2*2-12H2,1H3,(H2,13,14,15). The first-order valence-electron chi connectivity index (χ1n) is 13.9. The van der Waals surface area contributed by atoms with Crippen LogP contribution in [0.5, 0.6) is 0 Å². The molecule has 0 atom stereocenters. The first-order valence-corrected chi connectivity index (χ1v) is 16.9. The van der Waals surface area contributed by atoms with Crippen LogP contribution in [-0.4, -0.2) is 32.8 Å². The quantitative estimate of drug-likeness (QED) is 0.0353. The van der Waals surface area contributed by atoms with Crippen LogP contribution in [0.25, 0.3) is 0 Å². The Morgan fingerprint density at radius 2 is 0.639 bits per heavy atom. The van der Waals surface area contributed by atoms with Crippen LogP contribution in [0.1, 0.15) is 142 Å². The molecule has 0 heterocycles. The highest BCUT2D eigenvalue weighted by Gasteiger charge is 2.15. The van der Waals surface area contributed by atoms with Gasteiger partial charge in [0, 0.05) is 0 Å². The van der Waals surface area contributed by atoms with E-state index in [1.165, 1.54) is 89.9 Å². The highest BCUT2D eigenvalue weighted by Crippen LogP contribution is 2.36. The summed E-state index contributed by atoms with van der Waals surface area (Å²) < 4.78 is 28.3. The van der Waals surface area contributed by atoms with Crippen molar-refractivity contribution in [1.29, 1.82) is 0 Å². The number of hydrogen-bond donors (Lipinski definition) is 4. The first-order chi connectivity index (χ1) is 17.1. The van der Waals surface area contributed by atoms with Crippen molar-refractivity contribution in [2.75, 3.05) is 13.2 Å². The SMILES string of the molecule is CCCCCCCCCCCCOOP(=O)(O)O.CCCCCCCCCCCCOOP(=O)(O)O. The molecule has 0 spiro atoms. The summed E-state index contributed by atoms with van der Waals surface area (Å²) in [6, 6.07) is 0. The summed E-state index contributed by atoms with van der Waals surface area (Å²) in [5, 5.41) is 0. The molecule has 0 amide bonds. The van der Waals surface area contributed by atoms with Gasteiger partial charge in [-0.2, -0.15) is 0 Å². The molecule has 0 bridgehead atoms. The fourth-order valence-electron chi connectivity index (χ4n) is 3.51. The van der Waals surface area contributed by atoms with Crippen molar-refractivity contribution in [3.05, 3.63) is 0 Å². The Balaban J connectivity index is 0. The molecular formula is C24H54O10P2. The second kappa shape index (κ2) is 28.2. The van der Waals surface area contributed by atoms with Crippen molar-refractivity contribution in [3.8, 4) is 0 Å². The topological polar surface area (TPSA) is 152 Å². The number of phosphoric acid groups is 2. The largest absolute Gasteiger partial charge is 0.496 e. The summed E-state index contributed by atoms with van der Waals surface area (Å²) in [5.41, 5.74) is 0. The molecule has 10 nitrogen and oxygen atoms in total. The Morgan fingerprint density at radius 1 is 0.417 bits per heavy atom. The fraction of sp³-hybridized carbons (Fsp3) is 1.00. The van der Waals surface area contributed by atoms with Gasteiger partial charge in [-0.15, -0.1) is 9.35 Å². The predicted octanol–water partition coefficient (Wildman–Crippen LogP) is 7.90. The highest BCUT2D eigenvalue weighted by molar-refractivity contribution is 7.46. The smallest absolute Gasteiger partial charge is 0.301 e. The number of rotatable bonds is 26. The van der Waals surface area contributed by atoms with Crippen LogP contribution < -0.4 is 0 Å². The van der Waals surface area contributed by atoms with E-state index in [9.17, 15) is 9.13 Å². The molecule has 0 rings (SSSR count). The molecule has 0 aliphatic rings. The van der Waals surface area contributed by atoms with Gasteiger partial charge < -0.3 is 19.6 Å². The molecule has 0 radical (unpaired) electrons. The lowest BCUT2D eigenvalue weighted by Gasteiger charge is -2.04. The maximum atomic E-state index is 10.3. The second-order valence-electron chi connectivity index (χ2n) is 9.14. The average molecular weight is 565 g/mol. The van der Waals surface area contributed by atoms with Crippen LogP contribution in [0.3, 0.4) is 0 Å². The van der Waals surface area contributed by atoms with Gasteiger partial charge in [0.2, 0.25) is 0 Å². The molecule has 0 fully saturated rings. The van der Waals surface area contributed by atoms with Crippen LogP contribution in [0.15, 0.2) is 0 Å². The highest BCUT2D eigenvalue weighted by atomic mass is 31.2. The van der Waals surface area contributed by atoms with E-state index < -0.39 is 15.6 Å². The van der Waals surface area contributed by atoms with E-state index in [0.717, 1.165) is 38.5 Å². The van der Waals surface area contributed by atoms with E-state index in [-0.39, 0.29) is 13.2 Å². The van der Waals surface area contributed by atoms with E-state index in [0.29, 0.717) is 0 Å². The van der Waals surface area contributed by atoms with Crippen molar-refractivity contribution >= 4 is 15.6 Å². The van der Waals surface area contributed by atoms with Gasteiger partial charge in [-0.3, -0.25) is 0 Å². The minimum absolute atomic E-state index is 0.238.